The van der Waals surface area contributed by atoms with Crippen LogP contribution < -0.4 is 5.32 Å². The summed E-state index contributed by atoms with van der Waals surface area (Å²) in [5.74, 6) is -1.58. The van der Waals surface area contributed by atoms with E-state index >= 15 is 0 Å². The van der Waals surface area contributed by atoms with E-state index in [0.29, 0.717) is 27.3 Å². The molecule has 0 radical (unpaired) electrons. The summed E-state index contributed by atoms with van der Waals surface area (Å²) in [5.41, 5.74) is 1.79. The van der Waals surface area contributed by atoms with Crippen LogP contribution in [0.3, 0.4) is 0 Å². The van der Waals surface area contributed by atoms with Gasteiger partial charge in [-0.15, -0.1) is 0 Å². The Labute approximate surface area is 134 Å². The molecule has 112 valence electrons. The van der Waals surface area contributed by atoms with E-state index in [-0.39, 0.29) is 10.7 Å². The van der Waals surface area contributed by atoms with Crippen LogP contribution in [-0.4, -0.2) is 16.1 Å². The van der Waals surface area contributed by atoms with E-state index in [9.17, 15) is 9.18 Å². The average Bonchev–Trinajstić information content (AvgIpc) is 2.87. The van der Waals surface area contributed by atoms with Gasteiger partial charge >= 0.3 is 5.97 Å². The van der Waals surface area contributed by atoms with Crippen molar-refractivity contribution in [1.82, 2.24) is 4.98 Å². The number of carboxylic acid groups (broad SMARTS) is 1. The van der Waals surface area contributed by atoms with Crippen LogP contribution in [-0.2, 0) is 0 Å². The monoisotopic (exact) mass is 338 g/mol. The lowest BCUT2D eigenvalue weighted by Crippen LogP contribution is -1.94. The van der Waals surface area contributed by atoms with Crippen molar-refractivity contribution in [3.05, 3.63) is 58.0 Å². The van der Waals surface area contributed by atoms with E-state index in [1.54, 1.807) is 12.1 Å². The Bertz CT molecular complexity index is 893. The zero-order valence-corrected chi connectivity index (χ0v) is 12.5. The number of hydrogen-bond acceptors (Lipinski definition) is 2. The number of aromatic amines is 1. The van der Waals surface area contributed by atoms with Gasteiger partial charge < -0.3 is 15.4 Å². The van der Waals surface area contributed by atoms with E-state index in [4.69, 9.17) is 28.3 Å². The summed E-state index contributed by atoms with van der Waals surface area (Å²) in [5, 5.41) is 13.2. The zero-order chi connectivity index (χ0) is 15.9. The fraction of sp³-hybridized carbons (Fsp3) is 0. The van der Waals surface area contributed by atoms with Gasteiger partial charge in [-0.3, -0.25) is 0 Å². The van der Waals surface area contributed by atoms with Crippen molar-refractivity contribution in [3.63, 3.8) is 0 Å². The van der Waals surface area contributed by atoms with Crippen molar-refractivity contribution < 1.29 is 14.3 Å². The summed E-state index contributed by atoms with van der Waals surface area (Å²) < 4.78 is 13.2. The fourth-order valence-electron chi connectivity index (χ4n) is 2.15. The van der Waals surface area contributed by atoms with Gasteiger partial charge in [-0.05, 0) is 36.4 Å². The molecule has 22 heavy (non-hydrogen) atoms. The molecule has 0 amide bonds. The normalized spacial score (nSPS) is 10.9. The van der Waals surface area contributed by atoms with Gasteiger partial charge in [-0.1, -0.05) is 23.2 Å². The first kappa shape index (κ1) is 14.7. The number of hydrogen-bond donors (Lipinski definition) is 3. The number of carbonyl (C=O) groups is 1. The van der Waals surface area contributed by atoms with E-state index in [1.807, 2.05) is 0 Å². The molecule has 0 spiro atoms. The molecular formula is C15H9Cl2FN2O2. The number of rotatable bonds is 3. The molecule has 3 N–H and O–H groups in total. The molecule has 2 aromatic carbocycles. The Morgan fingerprint density at radius 1 is 1.18 bits per heavy atom. The Balaban J connectivity index is 2.08. The molecule has 0 bridgehead atoms. The summed E-state index contributed by atoms with van der Waals surface area (Å²) in [6.07, 6.45) is 0. The SMILES string of the molecule is O=C(O)c1cc2c(Nc3ccc(F)c(Cl)c3)cc(Cl)cc2[nH]1. The number of carboxylic acids is 1. The third kappa shape index (κ3) is 2.73. The first-order valence-corrected chi connectivity index (χ1v) is 6.97. The van der Waals surface area contributed by atoms with Gasteiger partial charge in [-0.2, -0.15) is 0 Å². The molecule has 7 heteroatoms. The first-order chi connectivity index (χ1) is 10.4. The van der Waals surface area contributed by atoms with Gasteiger partial charge in [-0.25, -0.2) is 9.18 Å². The molecule has 0 fully saturated rings. The summed E-state index contributed by atoms with van der Waals surface area (Å²) in [6.45, 7) is 0. The van der Waals surface area contributed by atoms with Gasteiger partial charge in [0.05, 0.1) is 5.02 Å². The van der Waals surface area contributed by atoms with Crippen LogP contribution >= 0.6 is 23.2 Å². The Hall–Kier alpha value is -2.24. The van der Waals surface area contributed by atoms with Gasteiger partial charge in [0.1, 0.15) is 11.5 Å². The highest BCUT2D eigenvalue weighted by Crippen LogP contribution is 2.32. The lowest BCUT2D eigenvalue weighted by Gasteiger charge is -2.09. The third-order valence-corrected chi connectivity index (χ3v) is 3.64. The van der Waals surface area contributed by atoms with Crippen LogP contribution in [0.15, 0.2) is 36.4 Å². The first-order valence-electron chi connectivity index (χ1n) is 6.21. The molecule has 0 aliphatic carbocycles. The molecular weight excluding hydrogens is 330 g/mol. The molecule has 3 rings (SSSR count). The van der Waals surface area contributed by atoms with E-state index < -0.39 is 11.8 Å². The minimum atomic E-state index is -1.07. The van der Waals surface area contributed by atoms with E-state index in [1.165, 1.54) is 24.3 Å². The van der Waals surface area contributed by atoms with Crippen molar-refractivity contribution >= 4 is 51.4 Å². The number of aromatic carboxylic acids is 1. The smallest absolute Gasteiger partial charge is 0.352 e. The van der Waals surface area contributed by atoms with Crippen molar-refractivity contribution in [1.29, 1.82) is 0 Å². The highest BCUT2D eigenvalue weighted by molar-refractivity contribution is 6.32. The molecule has 1 heterocycles. The largest absolute Gasteiger partial charge is 0.477 e. The number of H-pyrrole nitrogens is 1. The molecule has 1 aromatic heterocycles. The van der Waals surface area contributed by atoms with Crippen molar-refractivity contribution in [2.45, 2.75) is 0 Å². The maximum absolute atomic E-state index is 13.2. The maximum atomic E-state index is 13.2. The van der Waals surface area contributed by atoms with Gasteiger partial charge in [0.2, 0.25) is 0 Å². The van der Waals surface area contributed by atoms with Crippen LogP contribution in [0.4, 0.5) is 15.8 Å². The van der Waals surface area contributed by atoms with Crippen molar-refractivity contribution in [2.24, 2.45) is 0 Å². The Morgan fingerprint density at radius 3 is 2.64 bits per heavy atom. The minimum Gasteiger partial charge on any atom is -0.477 e. The second-order valence-corrected chi connectivity index (χ2v) is 5.50. The van der Waals surface area contributed by atoms with Crippen LogP contribution in [0.2, 0.25) is 10.0 Å². The second-order valence-electron chi connectivity index (χ2n) is 4.66. The van der Waals surface area contributed by atoms with Gasteiger partial charge in [0.15, 0.2) is 0 Å². The molecule has 0 aliphatic rings. The van der Waals surface area contributed by atoms with Gasteiger partial charge in [0.25, 0.3) is 0 Å². The molecule has 0 saturated carbocycles. The predicted octanol–water partition coefficient (Wildman–Crippen LogP) is 5.06. The van der Waals surface area contributed by atoms with Crippen LogP contribution in [0.1, 0.15) is 10.5 Å². The lowest BCUT2D eigenvalue weighted by molar-refractivity contribution is 0.0691. The molecule has 3 aromatic rings. The zero-order valence-electron chi connectivity index (χ0n) is 11.0. The summed E-state index contributed by atoms with van der Waals surface area (Å²) in [7, 11) is 0. The molecule has 0 atom stereocenters. The lowest BCUT2D eigenvalue weighted by atomic mass is 10.2. The molecule has 4 nitrogen and oxygen atoms in total. The highest BCUT2D eigenvalue weighted by atomic mass is 35.5. The van der Waals surface area contributed by atoms with E-state index in [0.717, 1.165) is 0 Å². The summed E-state index contributed by atoms with van der Waals surface area (Å²) in [6, 6.07) is 8.99. The molecule has 0 unspecified atom stereocenters. The number of nitrogens with one attached hydrogen (secondary N) is 2. The van der Waals surface area contributed by atoms with Crippen LogP contribution in [0, 0.1) is 5.82 Å². The number of aromatic nitrogens is 1. The van der Waals surface area contributed by atoms with Crippen molar-refractivity contribution in [2.75, 3.05) is 5.32 Å². The molecule has 0 saturated heterocycles. The number of fused-ring (bicyclic) bond motifs is 1. The molecule has 0 aliphatic heterocycles. The number of anilines is 2. The van der Waals surface area contributed by atoms with Crippen LogP contribution in [0.5, 0.6) is 0 Å². The quantitative estimate of drug-likeness (QED) is 0.625. The highest BCUT2D eigenvalue weighted by Gasteiger charge is 2.12. The Kier molecular flexibility index (Phi) is 3.68. The topological polar surface area (TPSA) is 65.1 Å². The summed E-state index contributed by atoms with van der Waals surface area (Å²) in [4.78, 5) is 13.8. The fourth-order valence-corrected chi connectivity index (χ4v) is 2.55. The van der Waals surface area contributed by atoms with Crippen molar-refractivity contribution in [3.8, 4) is 0 Å². The van der Waals surface area contributed by atoms with Gasteiger partial charge in [0, 0.05) is 27.3 Å². The number of benzene rings is 2. The van der Waals surface area contributed by atoms with E-state index in [2.05, 4.69) is 10.3 Å². The Morgan fingerprint density at radius 2 is 1.95 bits per heavy atom. The predicted molar refractivity (Wildman–Crippen MR) is 85.0 cm³/mol. The minimum absolute atomic E-state index is 0.0106. The second kappa shape index (κ2) is 5.51. The van der Waals surface area contributed by atoms with Crippen LogP contribution in [0.25, 0.3) is 10.9 Å². The average molecular weight is 339 g/mol. The number of halogens is 3. The maximum Gasteiger partial charge on any atom is 0.352 e. The third-order valence-electron chi connectivity index (χ3n) is 3.13. The standard InChI is InChI=1S/C15H9Cl2FN2O2/c16-7-3-12(19-8-1-2-11(18)10(17)5-8)9-6-14(15(21)22)20-13(9)4-7/h1-6,19-20H,(H,21,22). The summed E-state index contributed by atoms with van der Waals surface area (Å²) >= 11 is 11.8.